The number of phenols is 2. The molecule has 9 heteroatoms. The molecule has 0 aliphatic rings. The number of ether oxygens (including phenoxy) is 1. The number of benzene rings is 3. The van der Waals surface area contributed by atoms with Crippen molar-refractivity contribution >= 4 is 17.9 Å². The Morgan fingerprint density at radius 2 is 1.44 bits per heavy atom. The zero-order valence-corrected chi connectivity index (χ0v) is 25.4. The van der Waals surface area contributed by atoms with Crippen LogP contribution >= 0.6 is 0 Å². The molecule has 0 spiro atoms. The molecule has 9 nitrogen and oxygen atoms in total. The monoisotopic (exact) mass is 589 g/mol. The van der Waals surface area contributed by atoms with E-state index < -0.39 is 29.7 Å². The number of hydrogen-bond acceptors (Lipinski definition) is 6. The molecule has 0 radical (unpaired) electrons. The minimum Gasteiger partial charge on any atom is -0.508 e. The highest BCUT2D eigenvalue weighted by Gasteiger charge is 2.36. The lowest BCUT2D eigenvalue weighted by atomic mass is 9.99. The van der Waals surface area contributed by atoms with Gasteiger partial charge < -0.3 is 30.5 Å². The van der Waals surface area contributed by atoms with Crippen molar-refractivity contribution in [3.63, 3.8) is 0 Å². The van der Waals surface area contributed by atoms with Crippen LogP contribution in [0.25, 0.3) is 0 Å². The third-order valence-corrected chi connectivity index (χ3v) is 6.73. The first-order valence-corrected chi connectivity index (χ1v) is 14.7. The number of carbonyl (C=O) groups excluding carboxylic acids is 3. The summed E-state index contributed by atoms with van der Waals surface area (Å²) >= 11 is 0. The molecule has 0 aliphatic carbocycles. The quantitative estimate of drug-likeness (QED) is 0.192. The number of hydrogen-bond donors (Lipinski definition) is 4. The van der Waals surface area contributed by atoms with Crippen LogP contribution < -0.4 is 10.6 Å². The Labute approximate surface area is 253 Å². The Balaban J connectivity index is 2.01. The van der Waals surface area contributed by atoms with Crippen LogP contribution in [0.4, 0.5) is 4.79 Å². The second-order valence-electron chi connectivity index (χ2n) is 11.5. The van der Waals surface area contributed by atoms with Crippen molar-refractivity contribution in [1.82, 2.24) is 15.5 Å². The van der Waals surface area contributed by atoms with Gasteiger partial charge in [-0.2, -0.15) is 0 Å². The predicted molar refractivity (Wildman–Crippen MR) is 165 cm³/mol. The Bertz CT molecular complexity index is 1320. The van der Waals surface area contributed by atoms with Crippen molar-refractivity contribution in [1.29, 1.82) is 0 Å². The van der Waals surface area contributed by atoms with Crippen LogP contribution in [0.1, 0.15) is 69.7 Å². The lowest BCUT2D eigenvalue weighted by Crippen LogP contribution is -2.54. The third-order valence-electron chi connectivity index (χ3n) is 6.73. The van der Waals surface area contributed by atoms with Gasteiger partial charge in [-0.25, -0.2) is 4.79 Å². The first kappa shape index (κ1) is 33.0. The summed E-state index contributed by atoms with van der Waals surface area (Å²) in [6, 6.07) is 20.0. The van der Waals surface area contributed by atoms with Gasteiger partial charge in [-0.15, -0.1) is 0 Å². The molecule has 0 fully saturated rings. The highest BCUT2D eigenvalue weighted by atomic mass is 16.6. The lowest BCUT2D eigenvalue weighted by Gasteiger charge is -2.34. The molecule has 0 saturated heterocycles. The maximum absolute atomic E-state index is 14.4. The topological polar surface area (TPSA) is 128 Å². The maximum Gasteiger partial charge on any atom is 0.408 e. The molecule has 43 heavy (non-hydrogen) atoms. The van der Waals surface area contributed by atoms with Gasteiger partial charge in [0.25, 0.3) is 0 Å². The van der Waals surface area contributed by atoms with Gasteiger partial charge in [0.15, 0.2) is 0 Å². The summed E-state index contributed by atoms with van der Waals surface area (Å²) in [4.78, 5) is 42.8. The molecule has 3 rings (SSSR count). The second kappa shape index (κ2) is 15.6. The fourth-order valence-electron chi connectivity index (χ4n) is 4.63. The number of nitrogens with one attached hydrogen (secondary N) is 2. The largest absolute Gasteiger partial charge is 0.508 e. The molecule has 2 unspecified atom stereocenters. The minimum atomic E-state index is -1.07. The number of aromatic hydroxyl groups is 2. The Morgan fingerprint density at radius 1 is 0.837 bits per heavy atom. The summed E-state index contributed by atoms with van der Waals surface area (Å²) in [7, 11) is 0. The summed E-state index contributed by atoms with van der Waals surface area (Å²) in [5.74, 6) is -0.730. The lowest BCUT2D eigenvalue weighted by molar-refractivity contribution is -0.142. The number of alkyl carbamates (subject to hydrolysis) is 1. The van der Waals surface area contributed by atoms with Gasteiger partial charge in [-0.05, 0) is 68.1 Å². The SMILES string of the molecule is CCCCCN(C(=O)C(Cc1ccc(O)cc1)NC(=O)OC(C)(C)C)C(C(=O)NCc1ccccc1)c1ccc(O)cc1. The summed E-state index contributed by atoms with van der Waals surface area (Å²) in [5, 5.41) is 25.4. The molecular formula is C34H43N3O6. The Hall–Kier alpha value is -4.53. The van der Waals surface area contributed by atoms with Crippen LogP contribution in [0.5, 0.6) is 11.5 Å². The average molecular weight is 590 g/mol. The van der Waals surface area contributed by atoms with Crippen molar-refractivity contribution in [2.45, 2.75) is 77.6 Å². The summed E-state index contributed by atoms with van der Waals surface area (Å²) < 4.78 is 5.48. The van der Waals surface area contributed by atoms with Crippen LogP contribution in [0, 0.1) is 0 Å². The summed E-state index contributed by atoms with van der Waals surface area (Å²) in [6.45, 7) is 7.78. The second-order valence-corrected chi connectivity index (χ2v) is 11.5. The van der Waals surface area contributed by atoms with Gasteiger partial charge in [0.1, 0.15) is 29.2 Å². The van der Waals surface area contributed by atoms with E-state index in [0.29, 0.717) is 17.5 Å². The Morgan fingerprint density at radius 3 is 2.02 bits per heavy atom. The fourth-order valence-corrected chi connectivity index (χ4v) is 4.63. The molecule has 0 aromatic heterocycles. The van der Waals surface area contributed by atoms with Gasteiger partial charge in [0.05, 0.1) is 0 Å². The van der Waals surface area contributed by atoms with E-state index in [-0.39, 0.29) is 36.9 Å². The molecule has 230 valence electrons. The third kappa shape index (κ3) is 10.7. The molecule has 4 N–H and O–H groups in total. The molecule has 3 aromatic rings. The molecule has 0 saturated carbocycles. The molecule has 3 amide bonds. The summed E-state index contributed by atoms with van der Waals surface area (Å²) in [6.07, 6.45) is 1.73. The zero-order valence-electron chi connectivity index (χ0n) is 25.4. The van der Waals surface area contributed by atoms with Crippen molar-refractivity contribution in [2.75, 3.05) is 6.54 Å². The van der Waals surface area contributed by atoms with Crippen molar-refractivity contribution in [3.05, 3.63) is 95.6 Å². The molecule has 0 bridgehead atoms. The number of phenolic OH excluding ortho intramolecular Hbond substituents is 2. The van der Waals surface area contributed by atoms with E-state index in [2.05, 4.69) is 10.6 Å². The van der Waals surface area contributed by atoms with E-state index in [1.54, 1.807) is 45.0 Å². The predicted octanol–water partition coefficient (Wildman–Crippen LogP) is 5.61. The number of carbonyl (C=O) groups is 3. The fraction of sp³-hybridized carbons (Fsp3) is 0.382. The van der Waals surface area contributed by atoms with Crippen LogP contribution in [-0.4, -0.2) is 51.2 Å². The molecule has 0 heterocycles. The van der Waals surface area contributed by atoms with Crippen molar-refractivity contribution in [2.24, 2.45) is 0 Å². The number of rotatable bonds is 13. The highest BCUT2D eigenvalue weighted by molar-refractivity contribution is 5.92. The zero-order chi connectivity index (χ0) is 31.4. The average Bonchev–Trinajstić information content (AvgIpc) is 2.96. The van der Waals surface area contributed by atoms with Crippen molar-refractivity contribution in [3.8, 4) is 11.5 Å². The van der Waals surface area contributed by atoms with E-state index in [1.165, 1.54) is 29.2 Å². The van der Waals surface area contributed by atoms with Crippen LogP contribution in [0.15, 0.2) is 78.9 Å². The van der Waals surface area contributed by atoms with E-state index in [0.717, 1.165) is 18.4 Å². The van der Waals surface area contributed by atoms with Crippen LogP contribution in [0.3, 0.4) is 0 Å². The van der Waals surface area contributed by atoms with Crippen molar-refractivity contribution < 1.29 is 29.3 Å². The highest BCUT2D eigenvalue weighted by Crippen LogP contribution is 2.26. The summed E-state index contributed by atoms with van der Waals surface area (Å²) in [5.41, 5.74) is 1.34. The van der Waals surface area contributed by atoms with E-state index in [9.17, 15) is 24.6 Å². The molecule has 3 aromatic carbocycles. The van der Waals surface area contributed by atoms with E-state index in [1.807, 2.05) is 37.3 Å². The van der Waals surface area contributed by atoms with Gasteiger partial charge in [-0.1, -0.05) is 74.4 Å². The molecule has 2 atom stereocenters. The van der Waals surface area contributed by atoms with Gasteiger partial charge in [-0.3, -0.25) is 9.59 Å². The maximum atomic E-state index is 14.4. The van der Waals surface area contributed by atoms with Gasteiger partial charge in [0, 0.05) is 19.5 Å². The van der Waals surface area contributed by atoms with E-state index >= 15 is 0 Å². The smallest absolute Gasteiger partial charge is 0.408 e. The first-order valence-electron chi connectivity index (χ1n) is 14.7. The molecule has 0 aliphatic heterocycles. The van der Waals surface area contributed by atoms with Crippen LogP contribution in [-0.2, 0) is 27.3 Å². The minimum absolute atomic E-state index is 0.0350. The standard InChI is InChI=1S/C34H43N3O6/c1-5-6-10-21-37(30(26-15-19-28(39)20-16-26)31(40)35-23-25-11-8-7-9-12-25)32(41)29(36-33(42)43-34(2,3)4)22-24-13-17-27(38)18-14-24/h7-9,11-20,29-30,38-39H,5-6,10,21-23H2,1-4H3,(H,35,40)(H,36,42). The van der Waals surface area contributed by atoms with E-state index in [4.69, 9.17) is 4.74 Å². The Kier molecular flexibility index (Phi) is 12.0. The number of nitrogens with zero attached hydrogens (tertiary/aromatic N) is 1. The number of amides is 3. The molecular weight excluding hydrogens is 546 g/mol. The van der Waals surface area contributed by atoms with Gasteiger partial charge in [0.2, 0.25) is 11.8 Å². The van der Waals surface area contributed by atoms with Crippen LogP contribution in [0.2, 0.25) is 0 Å². The first-order chi connectivity index (χ1) is 20.5. The number of unbranched alkanes of at least 4 members (excludes halogenated alkanes) is 2. The van der Waals surface area contributed by atoms with Gasteiger partial charge >= 0.3 is 6.09 Å². The normalized spacial score (nSPS) is 12.6.